The highest BCUT2D eigenvalue weighted by atomic mass is 35.5. The fraction of sp³-hybridized carbons (Fsp3) is 0.462. The molecule has 0 spiro atoms. The average Bonchev–Trinajstić information content (AvgIpc) is 2.28. The van der Waals surface area contributed by atoms with E-state index in [9.17, 15) is 18.0 Å². The van der Waals surface area contributed by atoms with E-state index in [-0.39, 0.29) is 17.1 Å². The van der Waals surface area contributed by atoms with Crippen LogP contribution in [0, 0.1) is 0 Å². The molecule has 2 rings (SSSR count). The highest BCUT2D eigenvalue weighted by Crippen LogP contribution is 2.35. The molecule has 0 heterocycles. The number of amides is 1. The number of nitrogens with one attached hydrogen (secondary N) is 1. The van der Waals surface area contributed by atoms with Crippen LogP contribution in [0.3, 0.4) is 0 Å². The van der Waals surface area contributed by atoms with Gasteiger partial charge in [0.05, 0.1) is 16.3 Å². The Morgan fingerprint density at radius 1 is 1.40 bits per heavy atom. The summed E-state index contributed by atoms with van der Waals surface area (Å²) in [5, 5.41) is 2.46. The predicted octanol–water partition coefficient (Wildman–Crippen LogP) is 3.57. The molecule has 0 radical (unpaired) electrons. The van der Waals surface area contributed by atoms with E-state index >= 15 is 0 Å². The highest BCUT2D eigenvalue weighted by molar-refractivity contribution is 6.33. The van der Waals surface area contributed by atoms with Crippen LogP contribution in [0.5, 0.6) is 0 Å². The molecule has 20 heavy (non-hydrogen) atoms. The molecule has 0 saturated heterocycles. The summed E-state index contributed by atoms with van der Waals surface area (Å²) in [6, 6.07) is 2.81. The maximum Gasteiger partial charge on any atom is 0.416 e. The molecule has 1 aromatic rings. The third kappa shape index (κ3) is 3.43. The third-order valence-electron chi connectivity index (χ3n) is 3.43. The van der Waals surface area contributed by atoms with Gasteiger partial charge in [-0.15, -0.1) is 0 Å². The van der Waals surface area contributed by atoms with Gasteiger partial charge in [-0.05, 0) is 37.5 Å². The second-order valence-corrected chi connectivity index (χ2v) is 5.54. The van der Waals surface area contributed by atoms with Gasteiger partial charge in [0.2, 0.25) is 5.91 Å². The fourth-order valence-corrected chi connectivity index (χ4v) is 2.28. The first kappa shape index (κ1) is 15.1. The average molecular weight is 307 g/mol. The molecule has 0 unspecified atom stereocenters. The summed E-state index contributed by atoms with van der Waals surface area (Å²) in [5.74, 6) is -0.423. The van der Waals surface area contributed by atoms with E-state index in [1.807, 2.05) is 0 Å². The number of halogens is 4. The summed E-state index contributed by atoms with van der Waals surface area (Å²) in [4.78, 5) is 11.8. The topological polar surface area (TPSA) is 55.1 Å². The van der Waals surface area contributed by atoms with Crippen molar-refractivity contribution in [3.05, 3.63) is 28.8 Å². The molecule has 1 aliphatic rings. The van der Waals surface area contributed by atoms with Gasteiger partial charge in [-0.1, -0.05) is 11.6 Å². The van der Waals surface area contributed by atoms with Crippen molar-refractivity contribution in [3.63, 3.8) is 0 Å². The van der Waals surface area contributed by atoms with Gasteiger partial charge < -0.3 is 11.1 Å². The van der Waals surface area contributed by atoms with Gasteiger partial charge in [0.1, 0.15) is 0 Å². The Morgan fingerprint density at radius 2 is 2.05 bits per heavy atom. The van der Waals surface area contributed by atoms with E-state index < -0.39 is 23.2 Å². The molecule has 7 heteroatoms. The molecule has 1 aromatic carbocycles. The Morgan fingerprint density at radius 3 is 2.55 bits per heavy atom. The third-order valence-corrected chi connectivity index (χ3v) is 3.76. The van der Waals surface area contributed by atoms with Crippen LogP contribution in [0.4, 0.5) is 18.9 Å². The number of carbonyl (C=O) groups is 1. The number of nitrogens with two attached hydrogens (primary N) is 1. The largest absolute Gasteiger partial charge is 0.416 e. The van der Waals surface area contributed by atoms with Crippen molar-refractivity contribution in [2.75, 3.05) is 5.32 Å². The zero-order valence-electron chi connectivity index (χ0n) is 10.6. The van der Waals surface area contributed by atoms with Gasteiger partial charge in [-0.2, -0.15) is 13.2 Å². The summed E-state index contributed by atoms with van der Waals surface area (Å²) in [7, 11) is 0. The van der Waals surface area contributed by atoms with Crippen LogP contribution in [0.1, 0.15) is 31.2 Å². The van der Waals surface area contributed by atoms with E-state index in [1.54, 1.807) is 0 Å². The van der Waals surface area contributed by atoms with Gasteiger partial charge in [-0.3, -0.25) is 4.79 Å². The van der Waals surface area contributed by atoms with E-state index in [0.717, 1.165) is 37.5 Å². The number of rotatable bonds is 3. The molecule has 0 aromatic heterocycles. The van der Waals surface area contributed by atoms with E-state index in [0.29, 0.717) is 0 Å². The Kier molecular flexibility index (Phi) is 3.97. The highest BCUT2D eigenvalue weighted by Gasteiger charge is 2.35. The van der Waals surface area contributed by atoms with Crippen molar-refractivity contribution >= 4 is 23.2 Å². The van der Waals surface area contributed by atoms with Gasteiger partial charge >= 0.3 is 6.18 Å². The van der Waals surface area contributed by atoms with Crippen molar-refractivity contribution in [3.8, 4) is 0 Å². The van der Waals surface area contributed by atoms with E-state index in [2.05, 4.69) is 5.32 Å². The minimum atomic E-state index is -4.48. The summed E-state index contributed by atoms with van der Waals surface area (Å²) >= 11 is 5.80. The summed E-state index contributed by atoms with van der Waals surface area (Å²) in [6.07, 6.45) is -1.94. The van der Waals surface area contributed by atoms with Crippen LogP contribution in [0.25, 0.3) is 0 Å². The Hall–Kier alpha value is -1.27. The van der Waals surface area contributed by atoms with E-state index in [4.69, 9.17) is 17.3 Å². The molecule has 1 aliphatic carbocycles. The van der Waals surface area contributed by atoms with Gasteiger partial charge in [-0.25, -0.2) is 0 Å². The molecule has 3 N–H and O–H groups in total. The number of alkyl halides is 3. The van der Waals surface area contributed by atoms with Crippen molar-refractivity contribution in [2.24, 2.45) is 5.73 Å². The first-order chi connectivity index (χ1) is 9.20. The lowest BCUT2D eigenvalue weighted by Gasteiger charge is -2.37. The van der Waals surface area contributed by atoms with Crippen molar-refractivity contribution in [1.82, 2.24) is 0 Å². The summed E-state index contributed by atoms with van der Waals surface area (Å²) in [6.45, 7) is 0. The SMILES string of the molecule is NC1(CC(=O)Nc2cc(C(F)(F)F)ccc2Cl)CCC1. The molecular weight excluding hydrogens is 293 g/mol. The lowest BCUT2D eigenvalue weighted by molar-refractivity contribution is -0.137. The van der Waals surface area contributed by atoms with Crippen molar-refractivity contribution in [1.29, 1.82) is 0 Å². The fourth-order valence-electron chi connectivity index (χ4n) is 2.12. The monoisotopic (exact) mass is 306 g/mol. The van der Waals surface area contributed by atoms with Crippen LogP contribution in [-0.4, -0.2) is 11.4 Å². The summed E-state index contributed by atoms with van der Waals surface area (Å²) in [5.41, 5.74) is 4.49. The van der Waals surface area contributed by atoms with Crippen LogP contribution in [0.2, 0.25) is 5.02 Å². The first-order valence-electron chi connectivity index (χ1n) is 6.15. The number of anilines is 1. The second-order valence-electron chi connectivity index (χ2n) is 5.13. The number of benzene rings is 1. The number of carbonyl (C=O) groups excluding carboxylic acids is 1. The van der Waals surface area contributed by atoms with Gasteiger partial charge in [0.25, 0.3) is 0 Å². The van der Waals surface area contributed by atoms with E-state index in [1.165, 1.54) is 0 Å². The van der Waals surface area contributed by atoms with Gasteiger partial charge in [0, 0.05) is 12.0 Å². The zero-order chi connectivity index (χ0) is 15.0. The first-order valence-corrected chi connectivity index (χ1v) is 6.53. The molecule has 1 fully saturated rings. The van der Waals surface area contributed by atoms with Crippen molar-refractivity contribution < 1.29 is 18.0 Å². The maximum absolute atomic E-state index is 12.6. The van der Waals surface area contributed by atoms with Crippen LogP contribution in [0.15, 0.2) is 18.2 Å². The molecule has 1 saturated carbocycles. The second kappa shape index (κ2) is 5.26. The lowest BCUT2D eigenvalue weighted by atomic mass is 9.75. The lowest BCUT2D eigenvalue weighted by Crippen LogP contribution is -2.48. The minimum absolute atomic E-state index is 0.0468. The van der Waals surface area contributed by atoms with Crippen molar-refractivity contribution in [2.45, 2.75) is 37.4 Å². The smallest absolute Gasteiger partial charge is 0.325 e. The van der Waals surface area contributed by atoms with Gasteiger partial charge in [0.15, 0.2) is 0 Å². The quantitative estimate of drug-likeness (QED) is 0.897. The zero-order valence-corrected chi connectivity index (χ0v) is 11.3. The molecule has 110 valence electrons. The Bertz CT molecular complexity index is 527. The number of hydrogen-bond donors (Lipinski definition) is 2. The normalized spacial score (nSPS) is 17.4. The molecular formula is C13H14ClF3N2O. The standard InChI is InChI=1S/C13H14ClF3N2O/c14-9-3-2-8(13(15,16)17)6-10(9)19-11(20)7-12(18)4-1-5-12/h2-3,6H,1,4-5,7,18H2,(H,19,20). The van der Waals surface area contributed by atoms with Crippen LogP contribution < -0.4 is 11.1 Å². The molecule has 0 atom stereocenters. The maximum atomic E-state index is 12.6. The Balaban J connectivity index is 2.10. The predicted molar refractivity (Wildman–Crippen MR) is 70.5 cm³/mol. The number of hydrogen-bond acceptors (Lipinski definition) is 2. The minimum Gasteiger partial charge on any atom is -0.325 e. The summed E-state index contributed by atoms with van der Waals surface area (Å²) < 4.78 is 37.8. The molecule has 0 bridgehead atoms. The molecule has 0 aliphatic heterocycles. The van der Waals surface area contributed by atoms with Crippen LogP contribution in [-0.2, 0) is 11.0 Å². The van der Waals surface area contributed by atoms with Crippen LogP contribution >= 0.6 is 11.6 Å². The Labute approximate surface area is 119 Å². The molecule has 1 amide bonds. The molecule has 3 nitrogen and oxygen atoms in total.